The third-order valence-corrected chi connectivity index (χ3v) is 8.19. The van der Waals surface area contributed by atoms with Crippen LogP contribution in [-0.2, 0) is 9.53 Å². The van der Waals surface area contributed by atoms with Crippen LogP contribution in [0.15, 0.2) is 24.3 Å². The Labute approximate surface area is 235 Å². The number of amidine groups is 1. The van der Waals surface area contributed by atoms with Crippen molar-refractivity contribution in [3.05, 3.63) is 29.8 Å². The summed E-state index contributed by atoms with van der Waals surface area (Å²) in [4.78, 5) is 17.6. The summed E-state index contributed by atoms with van der Waals surface area (Å²) in [6.45, 7) is 3.31. The molecular weight excluding hydrogens is 519 g/mol. The molecule has 1 aliphatic heterocycles. The lowest BCUT2D eigenvalue weighted by Crippen LogP contribution is -2.42. The Hall–Kier alpha value is -1.21. The number of anilines is 1. The van der Waals surface area contributed by atoms with Crippen molar-refractivity contribution in [3.8, 4) is 0 Å². The van der Waals surface area contributed by atoms with Gasteiger partial charge >= 0.3 is 5.97 Å². The standard InChI is InChI=1S/C27H42N4O2.3ClH/c1-30(23-11-9-22(10-12-23)27(32)33-25-5-3-2-4-6-25)19-20-15-17-31(18-16-20)24-13-7-21(8-14-24)26(28)29;;;/h7-8,13-14,20,22-23,25H,2-6,9-12,15-19H2,1H3,(H3,28,29);3*1H. The monoisotopic (exact) mass is 562 g/mol. The first-order valence-electron chi connectivity index (χ1n) is 13.1. The van der Waals surface area contributed by atoms with Gasteiger partial charge in [-0.15, -0.1) is 37.2 Å². The minimum atomic E-state index is 0. The zero-order valence-electron chi connectivity index (χ0n) is 21.5. The summed E-state index contributed by atoms with van der Waals surface area (Å²) in [5, 5.41) is 7.55. The van der Waals surface area contributed by atoms with E-state index in [4.69, 9.17) is 15.9 Å². The number of nitrogens with one attached hydrogen (secondary N) is 1. The molecule has 3 fully saturated rings. The van der Waals surface area contributed by atoms with Gasteiger partial charge in [-0.3, -0.25) is 10.2 Å². The van der Waals surface area contributed by atoms with Crippen molar-refractivity contribution in [2.24, 2.45) is 17.6 Å². The normalized spacial score (nSPS) is 23.1. The van der Waals surface area contributed by atoms with Crippen LogP contribution in [0.25, 0.3) is 0 Å². The zero-order chi connectivity index (χ0) is 23.2. The van der Waals surface area contributed by atoms with Gasteiger partial charge in [-0.25, -0.2) is 0 Å². The number of rotatable bonds is 7. The van der Waals surface area contributed by atoms with E-state index in [1.54, 1.807) is 0 Å². The number of carbonyl (C=O) groups is 1. The molecule has 3 aliphatic rings. The average molecular weight is 564 g/mol. The molecule has 0 atom stereocenters. The second-order valence-electron chi connectivity index (χ2n) is 10.5. The molecule has 0 bridgehead atoms. The molecule has 2 aliphatic carbocycles. The third-order valence-electron chi connectivity index (χ3n) is 8.19. The smallest absolute Gasteiger partial charge is 0.309 e. The van der Waals surface area contributed by atoms with Crippen molar-refractivity contribution in [3.63, 3.8) is 0 Å². The summed E-state index contributed by atoms with van der Waals surface area (Å²) in [7, 11) is 2.28. The molecule has 0 spiro atoms. The quantitative estimate of drug-likeness (QED) is 0.248. The highest BCUT2D eigenvalue weighted by atomic mass is 35.5. The van der Waals surface area contributed by atoms with Gasteiger partial charge in [0.1, 0.15) is 11.9 Å². The van der Waals surface area contributed by atoms with Crippen LogP contribution in [0.2, 0.25) is 0 Å². The van der Waals surface area contributed by atoms with E-state index in [0.29, 0.717) is 6.04 Å². The number of nitrogens with zero attached hydrogens (tertiary/aromatic N) is 2. The summed E-state index contributed by atoms with van der Waals surface area (Å²) < 4.78 is 5.84. The number of ether oxygens (including phenoxy) is 1. The van der Waals surface area contributed by atoms with Gasteiger partial charge in [-0.2, -0.15) is 0 Å². The number of hydrogen-bond acceptors (Lipinski definition) is 5. The Morgan fingerprint density at radius 2 is 1.53 bits per heavy atom. The van der Waals surface area contributed by atoms with E-state index in [2.05, 4.69) is 29.0 Å². The molecule has 36 heavy (non-hydrogen) atoms. The fourth-order valence-corrected chi connectivity index (χ4v) is 5.98. The summed E-state index contributed by atoms with van der Waals surface area (Å²) >= 11 is 0. The Bertz CT molecular complexity index is 789. The largest absolute Gasteiger partial charge is 0.462 e. The molecule has 0 radical (unpaired) electrons. The topological polar surface area (TPSA) is 82.7 Å². The number of nitrogens with two attached hydrogens (primary N) is 1. The molecular formula is C27H45Cl3N4O2. The van der Waals surface area contributed by atoms with Crippen molar-refractivity contribution in [1.82, 2.24) is 4.90 Å². The van der Waals surface area contributed by atoms with Crippen LogP contribution in [0.4, 0.5) is 5.69 Å². The number of carbonyl (C=O) groups excluding carboxylic acids is 1. The minimum Gasteiger partial charge on any atom is -0.462 e. The molecule has 2 saturated carbocycles. The van der Waals surface area contributed by atoms with Gasteiger partial charge in [0.05, 0.1) is 5.92 Å². The molecule has 1 aromatic rings. The predicted molar refractivity (Wildman–Crippen MR) is 155 cm³/mol. The van der Waals surface area contributed by atoms with Crippen LogP contribution in [0.1, 0.15) is 76.2 Å². The fraction of sp³-hybridized carbons (Fsp3) is 0.704. The first kappa shape index (κ1) is 32.8. The van der Waals surface area contributed by atoms with Crippen molar-refractivity contribution >= 4 is 54.7 Å². The molecule has 1 aromatic carbocycles. The maximum Gasteiger partial charge on any atom is 0.309 e. The molecule has 3 N–H and O–H groups in total. The van der Waals surface area contributed by atoms with Crippen molar-refractivity contribution < 1.29 is 9.53 Å². The van der Waals surface area contributed by atoms with Gasteiger partial charge in [0.2, 0.25) is 0 Å². The van der Waals surface area contributed by atoms with Crippen molar-refractivity contribution in [2.45, 2.75) is 82.8 Å². The number of nitrogen functional groups attached to an aromatic ring is 1. The van der Waals surface area contributed by atoms with Gasteiger partial charge in [-0.05, 0) is 101 Å². The lowest BCUT2D eigenvalue weighted by atomic mass is 9.84. The fourth-order valence-electron chi connectivity index (χ4n) is 5.98. The van der Waals surface area contributed by atoms with Gasteiger partial charge in [0, 0.05) is 36.9 Å². The average Bonchev–Trinajstić information content (AvgIpc) is 2.85. The summed E-state index contributed by atoms with van der Waals surface area (Å²) in [6.07, 6.45) is 12.6. The maximum atomic E-state index is 12.6. The van der Waals surface area contributed by atoms with Crippen molar-refractivity contribution in [2.75, 3.05) is 31.6 Å². The van der Waals surface area contributed by atoms with Crippen LogP contribution < -0.4 is 10.6 Å². The van der Waals surface area contributed by atoms with Crippen LogP contribution in [0.5, 0.6) is 0 Å². The van der Waals surface area contributed by atoms with E-state index in [-0.39, 0.29) is 61.0 Å². The molecule has 4 rings (SSSR count). The Balaban J connectivity index is 0.00000216. The van der Waals surface area contributed by atoms with E-state index in [0.717, 1.165) is 69.6 Å². The van der Waals surface area contributed by atoms with E-state index in [9.17, 15) is 4.79 Å². The van der Waals surface area contributed by atoms with Crippen LogP contribution in [0.3, 0.4) is 0 Å². The molecule has 9 heteroatoms. The first-order chi connectivity index (χ1) is 16.0. The Morgan fingerprint density at radius 1 is 0.944 bits per heavy atom. The minimum absolute atomic E-state index is 0. The van der Waals surface area contributed by atoms with E-state index >= 15 is 0 Å². The van der Waals surface area contributed by atoms with Crippen LogP contribution >= 0.6 is 37.2 Å². The van der Waals surface area contributed by atoms with Crippen LogP contribution in [0, 0.1) is 17.2 Å². The van der Waals surface area contributed by atoms with Gasteiger partial charge < -0.3 is 20.3 Å². The van der Waals surface area contributed by atoms with Gasteiger partial charge in [0.25, 0.3) is 0 Å². The van der Waals surface area contributed by atoms with E-state index in [1.807, 2.05) is 12.1 Å². The van der Waals surface area contributed by atoms with Crippen molar-refractivity contribution in [1.29, 1.82) is 5.41 Å². The number of piperidine rings is 1. The molecule has 6 nitrogen and oxygen atoms in total. The summed E-state index contributed by atoms with van der Waals surface area (Å²) in [5.74, 6) is 1.05. The third kappa shape index (κ3) is 8.97. The molecule has 0 amide bonds. The van der Waals surface area contributed by atoms with Crippen LogP contribution in [-0.4, -0.2) is 55.5 Å². The number of benzene rings is 1. The molecule has 1 heterocycles. The summed E-state index contributed by atoms with van der Waals surface area (Å²) in [6, 6.07) is 8.65. The molecule has 206 valence electrons. The predicted octanol–water partition coefficient (Wildman–Crippen LogP) is 5.82. The Kier molecular flexibility index (Phi) is 14.5. The number of hydrogen-bond donors (Lipinski definition) is 2. The highest BCUT2D eigenvalue weighted by Crippen LogP contribution is 2.31. The SMILES string of the molecule is CN(CC1CCN(c2ccc(C(=N)N)cc2)CC1)C1CCC(C(=O)OC2CCCCC2)CC1.Cl.Cl.Cl. The number of halogens is 3. The van der Waals surface area contributed by atoms with E-state index in [1.165, 1.54) is 37.8 Å². The summed E-state index contributed by atoms with van der Waals surface area (Å²) in [5.41, 5.74) is 7.58. The first-order valence-corrected chi connectivity index (χ1v) is 13.1. The Morgan fingerprint density at radius 3 is 2.08 bits per heavy atom. The highest BCUT2D eigenvalue weighted by molar-refractivity contribution is 5.95. The zero-order valence-corrected chi connectivity index (χ0v) is 24.0. The highest BCUT2D eigenvalue weighted by Gasteiger charge is 2.32. The second kappa shape index (κ2) is 15.9. The second-order valence-corrected chi connectivity index (χ2v) is 10.5. The van der Waals surface area contributed by atoms with Gasteiger partial charge in [-0.1, -0.05) is 6.42 Å². The van der Waals surface area contributed by atoms with Gasteiger partial charge in [0.15, 0.2) is 0 Å². The van der Waals surface area contributed by atoms with E-state index < -0.39 is 0 Å². The maximum absolute atomic E-state index is 12.6. The number of esters is 1. The molecule has 0 unspecified atom stereocenters. The molecule has 1 saturated heterocycles. The molecule has 0 aromatic heterocycles. The lowest BCUT2D eigenvalue weighted by Gasteiger charge is -2.39. The lowest BCUT2D eigenvalue weighted by molar-refractivity contribution is -0.157.